The van der Waals surface area contributed by atoms with Crippen molar-refractivity contribution in [1.82, 2.24) is 9.97 Å². The normalized spacial score (nSPS) is 10.6. The molecule has 4 heteroatoms. The van der Waals surface area contributed by atoms with Crippen molar-refractivity contribution in [2.45, 2.75) is 6.92 Å². The number of nitrogens with zero attached hydrogens (tertiary/aromatic N) is 1. The second-order valence-corrected chi connectivity index (χ2v) is 5.34. The Morgan fingerprint density at radius 1 is 1.16 bits per heavy atom. The molecular weight excluding hydrogens is 254 g/mol. The molecule has 0 spiro atoms. The molecule has 2 heterocycles. The fourth-order valence-electron chi connectivity index (χ4n) is 2.03. The number of thiazole rings is 1. The number of benzene rings is 1. The topological polar surface area (TPSA) is 40.7 Å². The maximum Gasteiger partial charge on any atom is 0.140 e. The van der Waals surface area contributed by atoms with Crippen LogP contribution in [0.15, 0.2) is 42.6 Å². The lowest BCUT2D eigenvalue weighted by Gasteiger charge is -2.02. The van der Waals surface area contributed by atoms with E-state index in [1.165, 1.54) is 10.4 Å². The Kier molecular flexibility index (Phi) is 3.09. The number of nitrogens with one attached hydrogen (secondary N) is 2. The van der Waals surface area contributed by atoms with Crippen LogP contribution in [-0.2, 0) is 0 Å². The highest BCUT2D eigenvalue weighted by molar-refractivity contribution is 7.18. The SMILES string of the molecule is CNc1ccc(-c2sc(-c3ccc[nH]3)nc2C)cc1. The van der Waals surface area contributed by atoms with Crippen LogP contribution < -0.4 is 5.32 Å². The van der Waals surface area contributed by atoms with Crippen molar-refractivity contribution in [1.29, 1.82) is 0 Å². The number of anilines is 1. The standard InChI is InChI=1S/C15H15N3S/c1-10-14(11-5-7-12(16-2)8-6-11)19-15(18-10)13-4-3-9-17-13/h3-9,16-17H,1-2H3. The van der Waals surface area contributed by atoms with E-state index in [1.807, 2.05) is 25.4 Å². The first kappa shape index (κ1) is 12.0. The zero-order valence-corrected chi connectivity index (χ0v) is 11.7. The Hall–Kier alpha value is -2.07. The summed E-state index contributed by atoms with van der Waals surface area (Å²) >= 11 is 1.72. The third-order valence-electron chi connectivity index (χ3n) is 3.06. The van der Waals surface area contributed by atoms with Gasteiger partial charge in [0.1, 0.15) is 5.01 Å². The molecule has 0 aliphatic heterocycles. The minimum Gasteiger partial charge on any atom is -0.388 e. The Labute approximate surface area is 116 Å². The van der Waals surface area contributed by atoms with Gasteiger partial charge in [-0.05, 0) is 36.8 Å². The minimum atomic E-state index is 1.04. The summed E-state index contributed by atoms with van der Waals surface area (Å²) in [6.45, 7) is 2.06. The molecule has 0 amide bonds. The molecule has 3 nitrogen and oxygen atoms in total. The number of aromatic nitrogens is 2. The van der Waals surface area contributed by atoms with Crippen LogP contribution >= 0.6 is 11.3 Å². The Morgan fingerprint density at radius 2 is 1.95 bits per heavy atom. The van der Waals surface area contributed by atoms with Crippen LogP contribution in [0.1, 0.15) is 5.69 Å². The van der Waals surface area contributed by atoms with Crippen molar-refractivity contribution < 1.29 is 0 Å². The van der Waals surface area contributed by atoms with Crippen molar-refractivity contribution in [3.63, 3.8) is 0 Å². The van der Waals surface area contributed by atoms with Gasteiger partial charge in [-0.1, -0.05) is 12.1 Å². The average Bonchev–Trinajstić information content (AvgIpc) is 3.08. The van der Waals surface area contributed by atoms with Crippen molar-refractivity contribution >= 4 is 17.0 Å². The van der Waals surface area contributed by atoms with Gasteiger partial charge in [-0.2, -0.15) is 0 Å². The van der Waals surface area contributed by atoms with Crippen LogP contribution in [0.2, 0.25) is 0 Å². The molecule has 0 saturated heterocycles. The van der Waals surface area contributed by atoms with Gasteiger partial charge in [-0.25, -0.2) is 4.98 Å². The molecule has 3 aromatic rings. The summed E-state index contributed by atoms with van der Waals surface area (Å²) in [6.07, 6.45) is 1.92. The lowest BCUT2D eigenvalue weighted by Crippen LogP contribution is -1.86. The highest BCUT2D eigenvalue weighted by Gasteiger charge is 2.11. The van der Waals surface area contributed by atoms with Gasteiger partial charge >= 0.3 is 0 Å². The molecule has 0 unspecified atom stereocenters. The van der Waals surface area contributed by atoms with E-state index in [0.29, 0.717) is 0 Å². The highest BCUT2D eigenvalue weighted by Crippen LogP contribution is 2.34. The largest absolute Gasteiger partial charge is 0.388 e. The van der Waals surface area contributed by atoms with Gasteiger partial charge in [0, 0.05) is 18.9 Å². The predicted molar refractivity (Wildman–Crippen MR) is 81.6 cm³/mol. The molecule has 0 bridgehead atoms. The Morgan fingerprint density at radius 3 is 2.58 bits per heavy atom. The molecule has 0 atom stereocenters. The van der Waals surface area contributed by atoms with Gasteiger partial charge in [0.25, 0.3) is 0 Å². The van der Waals surface area contributed by atoms with Gasteiger partial charge in [-0.3, -0.25) is 0 Å². The molecule has 0 aliphatic rings. The molecule has 19 heavy (non-hydrogen) atoms. The van der Waals surface area contributed by atoms with Crippen molar-refractivity contribution in [2.24, 2.45) is 0 Å². The summed E-state index contributed by atoms with van der Waals surface area (Å²) < 4.78 is 0. The monoisotopic (exact) mass is 269 g/mol. The predicted octanol–water partition coefficient (Wildman–Crippen LogP) is 4.16. The number of aromatic amines is 1. The number of H-pyrrole nitrogens is 1. The van der Waals surface area contributed by atoms with E-state index in [0.717, 1.165) is 22.1 Å². The van der Waals surface area contributed by atoms with E-state index in [2.05, 4.69) is 46.5 Å². The number of hydrogen-bond acceptors (Lipinski definition) is 3. The van der Waals surface area contributed by atoms with Gasteiger partial charge in [-0.15, -0.1) is 11.3 Å². The van der Waals surface area contributed by atoms with Crippen molar-refractivity contribution in [2.75, 3.05) is 12.4 Å². The van der Waals surface area contributed by atoms with Crippen LogP contribution in [0, 0.1) is 6.92 Å². The van der Waals surface area contributed by atoms with E-state index in [4.69, 9.17) is 0 Å². The van der Waals surface area contributed by atoms with E-state index in [1.54, 1.807) is 11.3 Å². The second kappa shape index (κ2) is 4.90. The first-order valence-corrected chi connectivity index (χ1v) is 6.99. The summed E-state index contributed by atoms with van der Waals surface area (Å²) in [7, 11) is 1.93. The average molecular weight is 269 g/mol. The quantitative estimate of drug-likeness (QED) is 0.749. The van der Waals surface area contributed by atoms with E-state index in [9.17, 15) is 0 Å². The summed E-state index contributed by atoms with van der Waals surface area (Å²) in [5.41, 5.74) is 4.49. The highest BCUT2D eigenvalue weighted by atomic mass is 32.1. The molecule has 0 saturated carbocycles. The first-order valence-electron chi connectivity index (χ1n) is 6.17. The summed E-state index contributed by atoms with van der Waals surface area (Å²) in [5, 5.41) is 4.17. The van der Waals surface area contributed by atoms with Crippen LogP contribution in [0.4, 0.5) is 5.69 Å². The Bertz CT molecular complexity index is 666. The van der Waals surface area contributed by atoms with Gasteiger partial charge in [0.05, 0.1) is 16.3 Å². The molecule has 0 fully saturated rings. The van der Waals surface area contributed by atoms with Crippen LogP contribution in [-0.4, -0.2) is 17.0 Å². The van der Waals surface area contributed by atoms with Crippen LogP contribution in [0.3, 0.4) is 0 Å². The number of aryl methyl sites for hydroxylation is 1. The van der Waals surface area contributed by atoms with E-state index < -0.39 is 0 Å². The molecule has 2 N–H and O–H groups in total. The summed E-state index contributed by atoms with van der Waals surface area (Å²) in [5.74, 6) is 0. The van der Waals surface area contributed by atoms with Crippen LogP contribution in [0.25, 0.3) is 21.1 Å². The third kappa shape index (κ3) is 2.27. The lowest BCUT2D eigenvalue weighted by molar-refractivity contribution is 1.25. The maximum absolute atomic E-state index is 4.64. The molecule has 96 valence electrons. The number of hydrogen-bond donors (Lipinski definition) is 2. The van der Waals surface area contributed by atoms with Crippen LogP contribution in [0.5, 0.6) is 0 Å². The smallest absolute Gasteiger partial charge is 0.140 e. The molecule has 1 aromatic carbocycles. The second-order valence-electron chi connectivity index (χ2n) is 4.34. The molecule has 0 radical (unpaired) electrons. The van der Waals surface area contributed by atoms with Crippen molar-refractivity contribution in [3.05, 3.63) is 48.3 Å². The fourth-order valence-corrected chi connectivity index (χ4v) is 3.09. The molecule has 0 aliphatic carbocycles. The zero-order valence-electron chi connectivity index (χ0n) is 10.9. The molecule has 3 rings (SSSR count). The third-order valence-corrected chi connectivity index (χ3v) is 4.30. The van der Waals surface area contributed by atoms with Gasteiger partial charge in [0.2, 0.25) is 0 Å². The van der Waals surface area contributed by atoms with Gasteiger partial charge < -0.3 is 10.3 Å². The van der Waals surface area contributed by atoms with E-state index >= 15 is 0 Å². The van der Waals surface area contributed by atoms with E-state index in [-0.39, 0.29) is 0 Å². The van der Waals surface area contributed by atoms with Crippen molar-refractivity contribution in [3.8, 4) is 21.1 Å². The fraction of sp³-hybridized carbons (Fsp3) is 0.133. The summed E-state index contributed by atoms with van der Waals surface area (Å²) in [6, 6.07) is 12.5. The summed E-state index contributed by atoms with van der Waals surface area (Å²) in [4.78, 5) is 9.07. The molecule has 2 aromatic heterocycles. The zero-order chi connectivity index (χ0) is 13.2. The minimum absolute atomic E-state index is 1.04. The first-order chi connectivity index (χ1) is 9.28. The van der Waals surface area contributed by atoms with Gasteiger partial charge in [0.15, 0.2) is 0 Å². The molecular formula is C15H15N3S. The Balaban J connectivity index is 2.00. The number of rotatable bonds is 3. The maximum atomic E-state index is 4.64. The lowest BCUT2D eigenvalue weighted by atomic mass is 10.1.